The van der Waals surface area contributed by atoms with E-state index >= 15 is 0 Å². The first kappa shape index (κ1) is 19.8. The number of aromatic nitrogens is 1. The summed E-state index contributed by atoms with van der Waals surface area (Å²) in [6.45, 7) is 4.53. The molecule has 2 aliphatic heterocycles. The van der Waals surface area contributed by atoms with Crippen molar-refractivity contribution < 1.29 is 14.6 Å². The second-order valence-electron chi connectivity index (χ2n) is 8.92. The lowest BCUT2D eigenvalue weighted by atomic mass is 9.85. The Morgan fingerprint density at radius 3 is 2.48 bits per heavy atom. The molecule has 6 nitrogen and oxygen atoms in total. The number of carbonyl (C=O) groups excluding carboxylic acids is 1. The van der Waals surface area contributed by atoms with Gasteiger partial charge in [-0.3, -0.25) is 9.59 Å². The zero-order valence-corrected chi connectivity index (χ0v) is 17.7. The van der Waals surface area contributed by atoms with Crippen LogP contribution < -0.4 is 10.3 Å². The van der Waals surface area contributed by atoms with Crippen molar-refractivity contribution in [1.82, 2.24) is 9.47 Å². The van der Waals surface area contributed by atoms with Crippen molar-refractivity contribution in [2.75, 3.05) is 6.54 Å². The molecule has 2 atom stereocenters. The van der Waals surface area contributed by atoms with Crippen LogP contribution in [0.5, 0.6) is 5.75 Å². The fourth-order valence-corrected chi connectivity index (χ4v) is 4.84. The third kappa shape index (κ3) is 3.13. The van der Waals surface area contributed by atoms with E-state index in [1.165, 1.54) is 0 Å². The van der Waals surface area contributed by atoms with Crippen molar-refractivity contribution in [3.63, 3.8) is 0 Å². The fourth-order valence-electron chi connectivity index (χ4n) is 4.84. The van der Waals surface area contributed by atoms with Gasteiger partial charge in [-0.2, -0.15) is 0 Å². The van der Waals surface area contributed by atoms with Gasteiger partial charge in [-0.15, -0.1) is 0 Å². The van der Waals surface area contributed by atoms with E-state index in [0.29, 0.717) is 30.8 Å². The van der Waals surface area contributed by atoms with Crippen molar-refractivity contribution in [3.05, 3.63) is 76.1 Å². The number of likely N-dealkylation sites (tertiary alicyclic amines) is 1. The minimum atomic E-state index is -1.01. The topological polar surface area (TPSA) is 71.8 Å². The molecule has 1 aromatic heterocycles. The molecule has 1 fully saturated rings. The average Bonchev–Trinajstić information content (AvgIpc) is 3.18. The van der Waals surface area contributed by atoms with Gasteiger partial charge in [0.2, 0.25) is 5.91 Å². The van der Waals surface area contributed by atoms with Crippen LogP contribution in [0.3, 0.4) is 0 Å². The normalized spacial score (nSPS) is 22.4. The predicted octanol–water partition coefficient (Wildman–Crippen LogP) is 3.25. The van der Waals surface area contributed by atoms with Gasteiger partial charge in [0.15, 0.2) is 0 Å². The van der Waals surface area contributed by atoms with E-state index in [2.05, 4.69) is 0 Å². The molecule has 2 aliphatic rings. The highest BCUT2D eigenvalue weighted by Crippen LogP contribution is 2.45. The quantitative estimate of drug-likeness (QED) is 0.709. The Labute approximate surface area is 180 Å². The Bertz CT molecular complexity index is 1220. The third-order valence-electron chi connectivity index (χ3n) is 6.46. The summed E-state index contributed by atoms with van der Waals surface area (Å²) >= 11 is 0. The third-order valence-corrected chi connectivity index (χ3v) is 6.46. The Kier molecular flexibility index (Phi) is 4.63. The molecule has 6 heteroatoms. The molecule has 31 heavy (non-hydrogen) atoms. The molecule has 0 radical (unpaired) electrons. The zero-order chi connectivity index (χ0) is 21.8. The molecule has 1 amide bonds. The molecule has 0 bridgehead atoms. The fraction of sp³-hybridized carbons (Fsp3) is 0.360. The molecule has 0 spiro atoms. The van der Waals surface area contributed by atoms with Crippen LogP contribution in [-0.4, -0.2) is 38.7 Å². The predicted molar refractivity (Wildman–Crippen MR) is 118 cm³/mol. The van der Waals surface area contributed by atoms with Crippen molar-refractivity contribution in [2.45, 2.75) is 51.0 Å². The molecule has 1 saturated heterocycles. The van der Waals surface area contributed by atoms with Crippen LogP contribution in [0.15, 0.2) is 59.4 Å². The van der Waals surface area contributed by atoms with E-state index in [0.717, 1.165) is 22.9 Å². The van der Waals surface area contributed by atoms with Gasteiger partial charge in [-0.05, 0) is 38.0 Å². The van der Waals surface area contributed by atoms with E-state index < -0.39 is 17.7 Å². The number of hydrogen-bond donors (Lipinski definition) is 1. The number of ether oxygens (including phenoxy) is 1. The van der Waals surface area contributed by atoms with E-state index in [1.54, 1.807) is 23.3 Å². The minimum absolute atomic E-state index is 0.0325. The van der Waals surface area contributed by atoms with Crippen molar-refractivity contribution in [3.8, 4) is 5.75 Å². The highest BCUT2D eigenvalue weighted by Gasteiger charge is 2.49. The Hall–Kier alpha value is -3.12. The molecule has 0 aliphatic carbocycles. The molecule has 2 aromatic carbocycles. The summed E-state index contributed by atoms with van der Waals surface area (Å²) in [6, 6.07) is 16.7. The summed E-state index contributed by atoms with van der Waals surface area (Å²) in [5.41, 5.74) is 0.977. The van der Waals surface area contributed by atoms with E-state index in [9.17, 15) is 14.7 Å². The van der Waals surface area contributed by atoms with Crippen LogP contribution in [-0.2, 0) is 11.3 Å². The van der Waals surface area contributed by atoms with Crippen LogP contribution in [0.4, 0.5) is 0 Å². The number of pyridine rings is 1. The first-order valence-corrected chi connectivity index (χ1v) is 10.7. The second kappa shape index (κ2) is 7.24. The number of rotatable bonds is 3. The molecular weight excluding hydrogens is 392 g/mol. The summed E-state index contributed by atoms with van der Waals surface area (Å²) in [6.07, 6.45) is 0.150. The molecular formula is C25H26N2O4. The number of fused-ring (bicyclic) bond motifs is 3. The average molecular weight is 418 g/mol. The van der Waals surface area contributed by atoms with Gasteiger partial charge in [0.1, 0.15) is 17.5 Å². The summed E-state index contributed by atoms with van der Waals surface area (Å²) in [5, 5.41) is 12.0. The van der Waals surface area contributed by atoms with Crippen molar-refractivity contribution >= 4 is 16.8 Å². The molecule has 5 rings (SSSR count). The first-order valence-electron chi connectivity index (χ1n) is 10.7. The monoisotopic (exact) mass is 418 g/mol. The highest BCUT2D eigenvalue weighted by atomic mass is 16.5. The highest BCUT2D eigenvalue weighted by molar-refractivity contribution is 5.88. The number of amides is 1. The molecule has 3 heterocycles. The molecule has 3 aromatic rings. The SMILES string of the molecule is CC1(C)Oc2c(c(=O)n(Cc3ccccc3)c3ccccc23)[C@H](N2CCCC2=O)[C@H]1O. The van der Waals surface area contributed by atoms with E-state index in [4.69, 9.17) is 4.74 Å². The number of nitrogens with zero attached hydrogens (tertiary/aromatic N) is 2. The Balaban J connectivity index is 1.80. The van der Waals surface area contributed by atoms with E-state index in [1.807, 2.05) is 54.6 Å². The van der Waals surface area contributed by atoms with Crippen LogP contribution in [0.1, 0.15) is 43.9 Å². The molecule has 0 unspecified atom stereocenters. The maximum atomic E-state index is 13.9. The Morgan fingerprint density at radius 2 is 1.77 bits per heavy atom. The number of para-hydroxylation sites is 1. The van der Waals surface area contributed by atoms with Gasteiger partial charge in [0.05, 0.1) is 23.7 Å². The maximum absolute atomic E-state index is 13.9. The number of aliphatic hydroxyl groups is 1. The summed E-state index contributed by atoms with van der Waals surface area (Å²) in [7, 11) is 0. The van der Waals surface area contributed by atoms with Crippen molar-refractivity contribution in [1.29, 1.82) is 0 Å². The van der Waals surface area contributed by atoms with Crippen LogP contribution in [0, 0.1) is 0 Å². The largest absolute Gasteiger partial charge is 0.484 e. The van der Waals surface area contributed by atoms with Gasteiger partial charge in [-0.25, -0.2) is 0 Å². The first-order chi connectivity index (χ1) is 14.9. The van der Waals surface area contributed by atoms with Gasteiger partial charge >= 0.3 is 0 Å². The molecule has 0 saturated carbocycles. The maximum Gasteiger partial charge on any atom is 0.260 e. The Morgan fingerprint density at radius 1 is 1.06 bits per heavy atom. The minimum Gasteiger partial charge on any atom is -0.484 e. The summed E-state index contributed by atoms with van der Waals surface area (Å²) in [5.74, 6) is 0.444. The number of benzene rings is 2. The van der Waals surface area contributed by atoms with Crippen LogP contribution in [0.2, 0.25) is 0 Å². The number of hydrogen-bond acceptors (Lipinski definition) is 4. The van der Waals surface area contributed by atoms with Gasteiger partial charge in [0.25, 0.3) is 5.56 Å². The zero-order valence-electron chi connectivity index (χ0n) is 17.7. The lowest BCUT2D eigenvalue weighted by molar-refractivity contribution is -0.139. The second-order valence-corrected chi connectivity index (χ2v) is 8.92. The lowest BCUT2D eigenvalue weighted by Gasteiger charge is -2.45. The molecule has 1 N–H and O–H groups in total. The standard InChI is InChI=1S/C25H26N2O4/c1-25(2)23(29)21(26-14-8-13-19(26)28)20-22(31-25)17-11-6-7-12-18(17)27(24(20)30)15-16-9-4-3-5-10-16/h3-7,9-12,21,23,29H,8,13-15H2,1-2H3/t21-,23+/m0/s1. The molecule has 160 valence electrons. The lowest BCUT2D eigenvalue weighted by Crippen LogP contribution is -2.56. The number of carbonyl (C=O) groups is 1. The summed E-state index contributed by atoms with van der Waals surface area (Å²) in [4.78, 5) is 28.2. The van der Waals surface area contributed by atoms with Crippen molar-refractivity contribution in [2.24, 2.45) is 0 Å². The van der Waals surface area contributed by atoms with Gasteiger partial charge in [-0.1, -0.05) is 42.5 Å². The van der Waals surface area contributed by atoms with Crippen LogP contribution >= 0.6 is 0 Å². The number of aliphatic hydroxyl groups excluding tert-OH is 1. The van der Waals surface area contributed by atoms with Gasteiger partial charge < -0.3 is 19.3 Å². The summed E-state index contributed by atoms with van der Waals surface area (Å²) < 4.78 is 7.98. The van der Waals surface area contributed by atoms with Gasteiger partial charge in [0, 0.05) is 18.4 Å². The van der Waals surface area contributed by atoms with Crippen LogP contribution in [0.25, 0.3) is 10.9 Å². The van der Waals surface area contributed by atoms with E-state index in [-0.39, 0.29) is 11.5 Å². The smallest absolute Gasteiger partial charge is 0.260 e.